The normalized spacial score (nSPS) is 14.2. The number of carbonyl (C=O) groups is 1. The maximum absolute atomic E-state index is 12.7. The van der Waals surface area contributed by atoms with Crippen LogP contribution >= 0.6 is 0 Å². The summed E-state index contributed by atoms with van der Waals surface area (Å²) < 4.78 is 32.2. The van der Waals surface area contributed by atoms with Crippen molar-refractivity contribution in [3.63, 3.8) is 0 Å². The number of rotatable bonds is 8. The SMILES string of the molecule is O=C(COc1ccc(S(=O)(=O)N2CCCC2)cc1[N+](=O)[O-])c1ccc(-c2ccccc2)cc1. The first-order valence-corrected chi connectivity index (χ1v) is 11.9. The zero-order chi connectivity index (χ0) is 23.4. The van der Waals surface area contributed by atoms with Gasteiger partial charge in [-0.05, 0) is 36.1 Å². The molecule has 9 heteroatoms. The van der Waals surface area contributed by atoms with Crippen LogP contribution in [0.3, 0.4) is 0 Å². The summed E-state index contributed by atoms with van der Waals surface area (Å²) in [6.07, 6.45) is 1.52. The zero-order valence-electron chi connectivity index (χ0n) is 17.7. The van der Waals surface area contributed by atoms with Gasteiger partial charge in [-0.2, -0.15) is 4.31 Å². The molecule has 0 N–H and O–H groups in total. The Balaban J connectivity index is 1.48. The van der Waals surface area contributed by atoms with Crippen molar-refractivity contribution in [2.45, 2.75) is 17.7 Å². The molecule has 4 rings (SSSR count). The molecule has 0 aliphatic carbocycles. The Kier molecular flexibility index (Phi) is 6.52. The summed E-state index contributed by atoms with van der Waals surface area (Å²) in [6, 6.07) is 20.2. The molecule has 3 aromatic rings. The van der Waals surface area contributed by atoms with Crippen LogP contribution < -0.4 is 4.74 Å². The summed E-state index contributed by atoms with van der Waals surface area (Å²) in [5.41, 5.74) is 1.89. The molecular formula is C24H22N2O6S. The molecule has 3 aromatic carbocycles. The number of ether oxygens (including phenoxy) is 1. The van der Waals surface area contributed by atoms with Crippen LogP contribution in [0.1, 0.15) is 23.2 Å². The summed E-state index contributed by atoms with van der Waals surface area (Å²) in [4.78, 5) is 23.2. The number of sulfonamides is 1. The van der Waals surface area contributed by atoms with Gasteiger partial charge in [0.25, 0.3) is 0 Å². The lowest BCUT2D eigenvalue weighted by Gasteiger charge is -2.15. The van der Waals surface area contributed by atoms with E-state index in [9.17, 15) is 23.3 Å². The first-order chi connectivity index (χ1) is 15.9. The number of nitro benzene ring substituents is 1. The van der Waals surface area contributed by atoms with Crippen LogP contribution in [0.25, 0.3) is 11.1 Å². The second kappa shape index (κ2) is 9.51. The first kappa shape index (κ1) is 22.6. The van der Waals surface area contributed by atoms with E-state index in [1.165, 1.54) is 16.4 Å². The molecule has 0 spiro atoms. The van der Waals surface area contributed by atoms with Crippen molar-refractivity contribution < 1.29 is 22.9 Å². The number of Topliss-reactive ketones (excluding diaryl/α,β-unsaturated/α-hetero) is 1. The van der Waals surface area contributed by atoms with Gasteiger partial charge in [0.05, 0.1) is 9.82 Å². The molecule has 1 aliphatic rings. The molecule has 0 atom stereocenters. The summed E-state index contributed by atoms with van der Waals surface area (Å²) in [5, 5.41) is 11.5. The molecule has 0 amide bonds. The standard InChI is InChI=1S/C24H22N2O6S/c27-23(20-10-8-19(9-11-20)18-6-2-1-3-7-18)17-32-24-13-12-21(16-22(24)26(28)29)33(30,31)25-14-4-5-15-25/h1-3,6-13,16H,4-5,14-15,17H2. The quantitative estimate of drug-likeness (QED) is 0.278. The smallest absolute Gasteiger partial charge is 0.312 e. The van der Waals surface area contributed by atoms with Gasteiger partial charge in [-0.25, -0.2) is 8.42 Å². The largest absolute Gasteiger partial charge is 0.478 e. The Hall–Kier alpha value is -3.56. The minimum atomic E-state index is -3.81. The number of hydrogen-bond donors (Lipinski definition) is 0. The highest BCUT2D eigenvalue weighted by Crippen LogP contribution is 2.32. The molecule has 1 saturated heterocycles. The van der Waals surface area contributed by atoms with Gasteiger partial charge in [0.2, 0.25) is 10.0 Å². The summed E-state index contributed by atoms with van der Waals surface area (Å²) in [5.74, 6) is -0.507. The number of ketones is 1. The molecule has 0 unspecified atom stereocenters. The molecule has 170 valence electrons. The van der Waals surface area contributed by atoms with Crippen molar-refractivity contribution in [2.75, 3.05) is 19.7 Å². The number of hydrogen-bond acceptors (Lipinski definition) is 6. The predicted molar refractivity (Wildman–Crippen MR) is 123 cm³/mol. The molecule has 33 heavy (non-hydrogen) atoms. The molecule has 1 aliphatic heterocycles. The number of carbonyl (C=O) groups excluding carboxylic acids is 1. The molecule has 0 saturated carbocycles. The predicted octanol–water partition coefficient (Wildman–Crippen LogP) is 4.31. The maximum Gasteiger partial charge on any atom is 0.312 e. The molecule has 0 bridgehead atoms. The van der Waals surface area contributed by atoms with Crippen LogP contribution in [0.2, 0.25) is 0 Å². The Bertz CT molecular complexity index is 1270. The minimum Gasteiger partial charge on any atom is -0.478 e. The van der Waals surface area contributed by atoms with Crippen LogP contribution in [-0.2, 0) is 10.0 Å². The van der Waals surface area contributed by atoms with Crippen molar-refractivity contribution >= 4 is 21.5 Å². The third kappa shape index (κ3) is 4.94. The average Bonchev–Trinajstić information content (AvgIpc) is 3.39. The van der Waals surface area contributed by atoms with Crippen molar-refractivity contribution in [3.05, 3.63) is 88.5 Å². The topological polar surface area (TPSA) is 107 Å². The van der Waals surface area contributed by atoms with Gasteiger partial charge in [0, 0.05) is 24.7 Å². The zero-order valence-corrected chi connectivity index (χ0v) is 18.5. The van der Waals surface area contributed by atoms with Gasteiger partial charge in [-0.1, -0.05) is 54.6 Å². The monoisotopic (exact) mass is 466 g/mol. The second-order valence-corrected chi connectivity index (χ2v) is 9.59. The molecule has 1 heterocycles. The lowest BCUT2D eigenvalue weighted by molar-refractivity contribution is -0.386. The van der Waals surface area contributed by atoms with E-state index in [4.69, 9.17) is 4.74 Å². The van der Waals surface area contributed by atoms with E-state index in [0.29, 0.717) is 18.7 Å². The minimum absolute atomic E-state index is 0.158. The third-order valence-electron chi connectivity index (χ3n) is 5.50. The first-order valence-electron chi connectivity index (χ1n) is 10.5. The van der Waals surface area contributed by atoms with E-state index in [1.807, 2.05) is 42.5 Å². The van der Waals surface area contributed by atoms with Gasteiger partial charge < -0.3 is 4.74 Å². The molecule has 0 radical (unpaired) electrons. The Morgan fingerprint density at radius 1 is 0.939 bits per heavy atom. The van der Waals surface area contributed by atoms with Crippen LogP contribution in [-0.4, -0.2) is 43.1 Å². The van der Waals surface area contributed by atoms with E-state index in [-0.39, 0.29) is 16.4 Å². The van der Waals surface area contributed by atoms with Crippen LogP contribution in [0.15, 0.2) is 77.7 Å². The summed E-state index contributed by atoms with van der Waals surface area (Å²) >= 11 is 0. The lowest BCUT2D eigenvalue weighted by atomic mass is 10.0. The van der Waals surface area contributed by atoms with E-state index < -0.39 is 27.2 Å². The van der Waals surface area contributed by atoms with E-state index in [2.05, 4.69) is 0 Å². The fraction of sp³-hybridized carbons (Fsp3) is 0.208. The van der Waals surface area contributed by atoms with Crippen LogP contribution in [0.4, 0.5) is 5.69 Å². The molecule has 0 aromatic heterocycles. The average molecular weight is 467 g/mol. The van der Waals surface area contributed by atoms with Gasteiger partial charge in [0.15, 0.2) is 18.1 Å². The highest BCUT2D eigenvalue weighted by molar-refractivity contribution is 7.89. The highest BCUT2D eigenvalue weighted by Gasteiger charge is 2.30. The second-order valence-electron chi connectivity index (χ2n) is 7.65. The summed E-state index contributed by atoms with van der Waals surface area (Å²) in [6.45, 7) is 0.377. The number of nitro groups is 1. The van der Waals surface area contributed by atoms with Crippen molar-refractivity contribution in [2.24, 2.45) is 0 Å². The van der Waals surface area contributed by atoms with E-state index in [1.54, 1.807) is 12.1 Å². The van der Waals surface area contributed by atoms with Gasteiger partial charge in [-0.3, -0.25) is 14.9 Å². The van der Waals surface area contributed by atoms with Crippen molar-refractivity contribution in [1.29, 1.82) is 0 Å². The van der Waals surface area contributed by atoms with Gasteiger partial charge in [0.1, 0.15) is 0 Å². The van der Waals surface area contributed by atoms with Crippen molar-refractivity contribution in [1.82, 2.24) is 4.31 Å². The fourth-order valence-electron chi connectivity index (χ4n) is 3.71. The number of nitrogens with zero attached hydrogens (tertiary/aromatic N) is 2. The van der Waals surface area contributed by atoms with E-state index in [0.717, 1.165) is 30.0 Å². The Labute approximate surface area is 191 Å². The lowest BCUT2D eigenvalue weighted by Crippen LogP contribution is -2.27. The molecular weight excluding hydrogens is 444 g/mol. The third-order valence-corrected chi connectivity index (χ3v) is 7.40. The van der Waals surface area contributed by atoms with Crippen LogP contribution in [0, 0.1) is 10.1 Å². The molecule has 1 fully saturated rings. The van der Waals surface area contributed by atoms with Gasteiger partial charge >= 0.3 is 5.69 Å². The maximum atomic E-state index is 12.7. The molecule has 8 nitrogen and oxygen atoms in total. The fourth-order valence-corrected chi connectivity index (χ4v) is 5.24. The highest BCUT2D eigenvalue weighted by atomic mass is 32.2. The number of benzene rings is 3. The Morgan fingerprint density at radius 3 is 2.21 bits per heavy atom. The van der Waals surface area contributed by atoms with E-state index >= 15 is 0 Å². The summed E-state index contributed by atoms with van der Waals surface area (Å²) in [7, 11) is -3.81. The van der Waals surface area contributed by atoms with Crippen LogP contribution in [0.5, 0.6) is 5.75 Å². The van der Waals surface area contributed by atoms with Crippen molar-refractivity contribution in [3.8, 4) is 16.9 Å². The Morgan fingerprint density at radius 2 is 1.58 bits per heavy atom. The van der Waals surface area contributed by atoms with Gasteiger partial charge in [-0.15, -0.1) is 0 Å².